The summed E-state index contributed by atoms with van der Waals surface area (Å²) < 4.78 is 38.9. The summed E-state index contributed by atoms with van der Waals surface area (Å²) in [5, 5.41) is 0. The molecule has 0 aliphatic heterocycles. The van der Waals surface area contributed by atoms with Gasteiger partial charge in [-0.2, -0.15) is 0 Å². The van der Waals surface area contributed by atoms with Crippen LogP contribution in [0.25, 0.3) is 0 Å². The van der Waals surface area contributed by atoms with Crippen molar-refractivity contribution in [3.8, 4) is 0 Å². The average molecular weight is 828 g/mol. The lowest BCUT2D eigenvalue weighted by atomic mass is 10.1. The number of nitrogens with zero attached hydrogens (tertiary/aromatic N) is 1. The Morgan fingerprint density at radius 1 is 0.500 bits per heavy atom. The monoisotopic (exact) mass is 828 g/mol. The number of rotatable bonds is 42. The number of unbranched alkanes of at least 4 members (excludes halogenated alkanes) is 15. The van der Waals surface area contributed by atoms with Crippen LogP contribution in [0.4, 0.5) is 4.79 Å². The van der Waals surface area contributed by atoms with Crippen molar-refractivity contribution in [2.75, 3.05) is 59.3 Å². The van der Waals surface area contributed by atoms with E-state index in [1.165, 1.54) is 57.6 Å². The molecule has 0 radical (unpaired) electrons. The summed E-state index contributed by atoms with van der Waals surface area (Å²) in [4.78, 5) is 52.0. The maximum absolute atomic E-state index is 12.9. The lowest BCUT2D eigenvalue weighted by molar-refractivity contribution is -0.161. The Balaban J connectivity index is 4.94. The summed E-state index contributed by atoms with van der Waals surface area (Å²) >= 11 is 0. The van der Waals surface area contributed by atoms with E-state index in [1.54, 1.807) is 0 Å². The van der Waals surface area contributed by atoms with Crippen LogP contribution in [0.15, 0.2) is 12.3 Å². The molecule has 0 fully saturated rings. The number of hydrogen-bond donors (Lipinski definition) is 0. The SMILES string of the molecule is CCCCC/C=C\OC(=O)CCCCCC(=O)OCC(COC(=O)CCC(OCCCCCCCC)OCCCCCCCC)COC(=O)OCCCN(CC)CC. The molecule has 0 N–H and O–H groups in total. The van der Waals surface area contributed by atoms with E-state index in [4.69, 9.17) is 33.2 Å². The number of allylic oxidation sites excluding steroid dienone is 1. The van der Waals surface area contributed by atoms with Gasteiger partial charge in [-0.05, 0) is 64.1 Å². The third-order valence-electron chi connectivity index (χ3n) is 9.85. The van der Waals surface area contributed by atoms with Gasteiger partial charge in [0.2, 0.25) is 0 Å². The molecular weight excluding hydrogens is 743 g/mol. The van der Waals surface area contributed by atoms with E-state index in [0.717, 1.165) is 71.0 Å². The van der Waals surface area contributed by atoms with Gasteiger partial charge in [0.1, 0.15) is 19.8 Å². The van der Waals surface area contributed by atoms with Crippen molar-refractivity contribution in [1.82, 2.24) is 4.90 Å². The van der Waals surface area contributed by atoms with Crippen molar-refractivity contribution in [1.29, 1.82) is 0 Å². The highest BCUT2D eigenvalue weighted by Gasteiger charge is 2.20. The second-order valence-electron chi connectivity index (χ2n) is 15.2. The first-order chi connectivity index (χ1) is 28.3. The maximum atomic E-state index is 12.9. The molecule has 0 bridgehead atoms. The minimum Gasteiger partial charge on any atom is -0.465 e. The predicted molar refractivity (Wildman–Crippen MR) is 229 cm³/mol. The molecule has 0 rings (SSSR count). The Bertz CT molecular complexity index is 986. The van der Waals surface area contributed by atoms with E-state index in [2.05, 4.69) is 39.5 Å². The zero-order valence-corrected chi connectivity index (χ0v) is 37.6. The largest absolute Gasteiger partial charge is 0.508 e. The maximum Gasteiger partial charge on any atom is 0.508 e. The van der Waals surface area contributed by atoms with Gasteiger partial charge in [0.25, 0.3) is 0 Å². The van der Waals surface area contributed by atoms with Gasteiger partial charge in [-0.1, -0.05) is 118 Å². The Morgan fingerprint density at radius 3 is 1.59 bits per heavy atom. The van der Waals surface area contributed by atoms with Crippen LogP contribution >= 0.6 is 0 Å². The molecule has 0 saturated carbocycles. The van der Waals surface area contributed by atoms with E-state index < -0.39 is 30.3 Å². The van der Waals surface area contributed by atoms with Gasteiger partial charge in [0.15, 0.2) is 6.29 Å². The second-order valence-corrected chi connectivity index (χ2v) is 15.2. The van der Waals surface area contributed by atoms with Gasteiger partial charge in [-0.3, -0.25) is 14.4 Å². The molecular formula is C46H85NO11. The third kappa shape index (κ3) is 37.6. The summed E-state index contributed by atoms with van der Waals surface area (Å²) in [5.41, 5.74) is 0. The number of carbonyl (C=O) groups excluding carboxylic acids is 4. The standard InChI is InChI=1S/C46H85NO11/c1-6-11-14-17-20-26-35-53-45(54-36-27-21-18-15-12-7-2)32-31-44(50)57-39-41(40-58-46(51)55-37-28-33-47(9-4)10-5)38-56-43(49)30-24-22-23-29-42(48)52-34-25-19-16-13-8-3/h25,34,41,45H,6-24,26-33,35-40H2,1-5H3/b34-25-. The Labute approximate surface area is 353 Å². The topological polar surface area (TPSA) is 136 Å². The highest BCUT2D eigenvalue weighted by atomic mass is 16.7. The molecule has 0 aromatic rings. The van der Waals surface area contributed by atoms with Gasteiger partial charge in [-0.15, -0.1) is 0 Å². The number of esters is 3. The molecule has 0 heterocycles. The van der Waals surface area contributed by atoms with Crippen molar-refractivity contribution < 1.29 is 52.3 Å². The van der Waals surface area contributed by atoms with Gasteiger partial charge in [0, 0.05) is 39.0 Å². The molecule has 0 spiro atoms. The molecule has 0 saturated heterocycles. The van der Waals surface area contributed by atoms with Crippen LogP contribution in [0.2, 0.25) is 0 Å². The van der Waals surface area contributed by atoms with Gasteiger partial charge >= 0.3 is 24.1 Å². The van der Waals surface area contributed by atoms with Gasteiger partial charge in [0.05, 0.1) is 25.2 Å². The fourth-order valence-corrected chi connectivity index (χ4v) is 6.04. The molecule has 12 heteroatoms. The molecule has 58 heavy (non-hydrogen) atoms. The van der Waals surface area contributed by atoms with E-state index in [9.17, 15) is 19.2 Å². The molecule has 0 aliphatic carbocycles. The van der Waals surface area contributed by atoms with Crippen LogP contribution in [0, 0.1) is 5.92 Å². The molecule has 1 unspecified atom stereocenters. The van der Waals surface area contributed by atoms with Gasteiger partial charge < -0.3 is 38.1 Å². The van der Waals surface area contributed by atoms with Crippen LogP contribution in [0.1, 0.15) is 189 Å². The fraction of sp³-hybridized carbons (Fsp3) is 0.870. The van der Waals surface area contributed by atoms with Crippen molar-refractivity contribution in [3.05, 3.63) is 12.3 Å². The highest BCUT2D eigenvalue weighted by Crippen LogP contribution is 2.13. The quantitative estimate of drug-likeness (QED) is 0.0190. The number of carbonyl (C=O) groups is 4. The van der Waals surface area contributed by atoms with E-state index in [1.807, 2.05) is 6.08 Å². The molecule has 1 atom stereocenters. The Kier molecular flexibility index (Phi) is 40.4. The third-order valence-corrected chi connectivity index (χ3v) is 9.85. The molecule has 0 aromatic carbocycles. The van der Waals surface area contributed by atoms with Crippen molar-refractivity contribution in [2.45, 2.75) is 195 Å². The van der Waals surface area contributed by atoms with Crippen LogP contribution < -0.4 is 0 Å². The predicted octanol–water partition coefficient (Wildman–Crippen LogP) is 11.0. The van der Waals surface area contributed by atoms with Crippen LogP contribution in [0.3, 0.4) is 0 Å². The van der Waals surface area contributed by atoms with Crippen molar-refractivity contribution >= 4 is 24.1 Å². The molecule has 0 aliphatic rings. The zero-order chi connectivity index (χ0) is 42.7. The average Bonchev–Trinajstić information content (AvgIpc) is 3.22. The summed E-state index contributed by atoms with van der Waals surface area (Å²) in [7, 11) is 0. The first kappa shape index (κ1) is 55.3. The van der Waals surface area contributed by atoms with Gasteiger partial charge in [-0.25, -0.2) is 4.79 Å². The minimum atomic E-state index is -0.819. The second kappa shape index (κ2) is 42.4. The number of ether oxygens (including phenoxy) is 7. The molecule has 340 valence electrons. The Morgan fingerprint density at radius 2 is 1.00 bits per heavy atom. The first-order valence-corrected chi connectivity index (χ1v) is 23.2. The molecule has 0 aromatic heterocycles. The van der Waals surface area contributed by atoms with E-state index >= 15 is 0 Å². The smallest absolute Gasteiger partial charge is 0.465 e. The summed E-state index contributed by atoms with van der Waals surface area (Å²) in [6.07, 6.45) is 23.6. The van der Waals surface area contributed by atoms with Crippen LogP contribution in [0.5, 0.6) is 0 Å². The molecule has 12 nitrogen and oxygen atoms in total. The van der Waals surface area contributed by atoms with E-state index in [-0.39, 0.29) is 51.7 Å². The minimum absolute atomic E-state index is 0.0936. The first-order valence-electron chi connectivity index (χ1n) is 23.2. The van der Waals surface area contributed by atoms with Crippen molar-refractivity contribution in [3.63, 3.8) is 0 Å². The van der Waals surface area contributed by atoms with E-state index in [0.29, 0.717) is 45.3 Å². The Hall–Kier alpha value is -2.70. The van der Waals surface area contributed by atoms with Crippen LogP contribution in [-0.2, 0) is 47.5 Å². The number of hydrogen-bond acceptors (Lipinski definition) is 12. The lowest BCUT2D eigenvalue weighted by Gasteiger charge is -2.20. The van der Waals surface area contributed by atoms with Crippen LogP contribution in [-0.4, -0.2) is 94.5 Å². The fourth-order valence-electron chi connectivity index (χ4n) is 6.04. The zero-order valence-electron chi connectivity index (χ0n) is 37.6. The van der Waals surface area contributed by atoms with Crippen molar-refractivity contribution in [2.24, 2.45) is 5.92 Å². The highest BCUT2D eigenvalue weighted by molar-refractivity contribution is 5.70. The summed E-state index contributed by atoms with van der Waals surface area (Å²) in [5.74, 6) is -1.71. The lowest BCUT2D eigenvalue weighted by Crippen LogP contribution is -2.28. The molecule has 0 amide bonds. The summed E-state index contributed by atoms with van der Waals surface area (Å²) in [6.45, 7) is 14.4. The normalized spacial score (nSPS) is 12.0. The summed E-state index contributed by atoms with van der Waals surface area (Å²) in [6, 6.07) is 0.